The van der Waals surface area contributed by atoms with Crippen molar-refractivity contribution in [3.8, 4) is 0 Å². The number of hydrogen-bond donors (Lipinski definition) is 4. The predicted molar refractivity (Wildman–Crippen MR) is 73.2 cm³/mol. The van der Waals surface area contributed by atoms with Gasteiger partial charge in [0.15, 0.2) is 0 Å². The molecule has 0 saturated heterocycles. The summed E-state index contributed by atoms with van der Waals surface area (Å²) in [4.78, 5) is 33.2. The summed E-state index contributed by atoms with van der Waals surface area (Å²) in [5, 5.41) is 9.22. The smallest absolute Gasteiger partial charge is 0.396 e. The number of rotatable bonds is 4. The van der Waals surface area contributed by atoms with Crippen LogP contribution in [0.5, 0.6) is 0 Å². The number of anilines is 1. The summed E-state index contributed by atoms with van der Waals surface area (Å²) in [6.45, 7) is -0.317. The Bertz CT molecular complexity index is 639. The molecule has 1 aromatic rings. The second kappa shape index (κ2) is 6.08. The molecule has 0 fully saturated rings. The van der Waals surface area contributed by atoms with Crippen molar-refractivity contribution < 1.29 is 24.0 Å². The van der Waals surface area contributed by atoms with Gasteiger partial charge >= 0.3 is 13.5 Å². The van der Waals surface area contributed by atoms with Crippen LogP contribution in [-0.4, -0.2) is 37.2 Å². The molecule has 1 heterocycles. The number of nitrogens with zero attached hydrogens (tertiary/aromatic N) is 2. The van der Waals surface area contributed by atoms with E-state index in [1.54, 1.807) is 12.2 Å². The number of phosphoric ester groups is 1. The van der Waals surface area contributed by atoms with E-state index < -0.39 is 31.6 Å². The normalized spacial score (nSPS) is 26.0. The van der Waals surface area contributed by atoms with Crippen molar-refractivity contribution in [1.29, 1.82) is 0 Å². The molecule has 1 aliphatic carbocycles. The molecule has 0 aliphatic heterocycles. The molecular weight excluding hydrogens is 301 g/mol. The zero-order chi connectivity index (χ0) is 15.6. The van der Waals surface area contributed by atoms with E-state index in [4.69, 9.17) is 20.0 Å². The Kier molecular flexibility index (Phi) is 4.60. The molecule has 3 atom stereocenters. The van der Waals surface area contributed by atoms with E-state index in [1.807, 2.05) is 0 Å². The fraction of sp³-hybridized carbons (Fsp3) is 0.455. The van der Waals surface area contributed by atoms with Gasteiger partial charge in [-0.3, -0.25) is 9.09 Å². The molecule has 0 saturated carbocycles. The zero-order valence-electron chi connectivity index (χ0n) is 10.9. The number of allylic oxidation sites excluding steroid dienone is 1. The lowest BCUT2D eigenvalue weighted by molar-refractivity contribution is 0.0597. The Morgan fingerprint density at radius 2 is 2.19 bits per heavy atom. The highest BCUT2D eigenvalue weighted by Gasteiger charge is 2.33. The van der Waals surface area contributed by atoms with Crippen molar-refractivity contribution >= 4 is 13.6 Å². The van der Waals surface area contributed by atoms with Crippen molar-refractivity contribution in [2.24, 2.45) is 5.92 Å². The van der Waals surface area contributed by atoms with Crippen LogP contribution >= 0.6 is 7.82 Å². The standard InChI is InChI=1S/C11H16N3O6P/c12-10-3-4-14(11(16)13-10)8-2-1-7(6-15)9(5-8)20-21(17,18)19/h1-4,7-9,15H,5-6H2,(H2,12,13,16)(H2,17,18,19)/t7-,8-,9?/m1/s1. The first kappa shape index (κ1) is 15.9. The van der Waals surface area contributed by atoms with E-state index in [-0.39, 0.29) is 18.8 Å². The van der Waals surface area contributed by atoms with Gasteiger partial charge in [-0.25, -0.2) is 9.36 Å². The molecule has 0 aromatic carbocycles. The molecule has 0 bridgehead atoms. The van der Waals surface area contributed by atoms with Crippen molar-refractivity contribution in [2.75, 3.05) is 12.3 Å². The molecule has 0 radical (unpaired) electrons. The monoisotopic (exact) mass is 317 g/mol. The largest absolute Gasteiger partial charge is 0.469 e. The molecule has 1 aromatic heterocycles. The number of aromatic nitrogens is 2. The van der Waals surface area contributed by atoms with Crippen LogP contribution in [0, 0.1) is 5.92 Å². The fourth-order valence-corrected chi connectivity index (χ4v) is 2.84. The topological polar surface area (TPSA) is 148 Å². The Morgan fingerprint density at radius 3 is 2.76 bits per heavy atom. The van der Waals surface area contributed by atoms with Gasteiger partial charge in [0.1, 0.15) is 5.82 Å². The molecule has 0 spiro atoms. The molecular formula is C11H16N3O6P. The maximum Gasteiger partial charge on any atom is 0.469 e. The Hall–Kier alpha value is -1.51. The van der Waals surface area contributed by atoms with E-state index in [2.05, 4.69) is 4.98 Å². The van der Waals surface area contributed by atoms with E-state index in [0.29, 0.717) is 0 Å². The third kappa shape index (κ3) is 3.99. The minimum absolute atomic E-state index is 0.0901. The van der Waals surface area contributed by atoms with Gasteiger partial charge < -0.3 is 20.6 Å². The molecule has 10 heteroatoms. The van der Waals surface area contributed by atoms with Crippen LogP contribution in [0.3, 0.4) is 0 Å². The summed E-state index contributed by atoms with van der Waals surface area (Å²) in [7, 11) is -4.69. The van der Waals surface area contributed by atoms with Gasteiger partial charge in [0, 0.05) is 12.1 Å². The fourth-order valence-electron chi connectivity index (χ4n) is 2.25. The number of phosphoric acid groups is 1. The van der Waals surface area contributed by atoms with Crippen LogP contribution in [0.1, 0.15) is 12.5 Å². The van der Waals surface area contributed by atoms with Crippen LogP contribution in [0.2, 0.25) is 0 Å². The average molecular weight is 317 g/mol. The summed E-state index contributed by atoms with van der Waals surface area (Å²) < 4.78 is 17.0. The molecule has 9 nitrogen and oxygen atoms in total. The number of aliphatic hydroxyl groups excluding tert-OH is 1. The van der Waals surface area contributed by atoms with Crippen molar-refractivity contribution in [3.63, 3.8) is 0 Å². The number of nitrogens with two attached hydrogens (primary N) is 1. The second-order valence-corrected chi connectivity index (χ2v) is 5.90. The average Bonchev–Trinajstić information content (AvgIpc) is 2.36. The molecule has 5 N–H and O–H groups in total. The Balaban J connectivity index is 2.27. The molecule has 1 unspecified atom stereocenters. The SMILES string of the molecule is Nc1ccn([C@@H]2C=C[C@H](CO)C(OP(=O)(O)O)C2)c(=O)n1. The molecule has 0 amide bonds. The minimum Gasteiger partial charge on any atom is -0.396 e. The highest BCUT2D eigenvalue weighted by atomic mass is 31.2. The summed E-state index contributed by atoms with van der Waals surface area (Å²) in [6.07, 6.45) is 3.90. The first-order chi connectivity index (χ1) is 9.80. The minimum atomic E-state index is -4.69. The van der Waals surface area contributed by atoms with E-state index in [0.717, 1.165) is 0 Å². The van der Waals surface area contributed by atoms with Crippen LogP contribution in [0.4, 0.5) is 5.82 Å². The lowest BCUT2D eigenvalue weighted by Crippen LogP contribution is -2.35. The van der Waals surface area contributed by atoms with Gasteiger partial charge in [0.2, 0.25) is 0 Å². The highest BCUT2D eigenvalue weighted by molar-refractivity contribution is 7.46. The second-order valence-electron chi connectivity index (χ2n) is 4.71. The predicted octanol–water partition coefficient (Wildman–Crippen LogP) is -0.587. The zero-order valence-corrected chi connectivity index (χ0v) is 11.8. The van der Waals surface area contributed by atoms with Crippen molar-refractivity contribution in [2.45, 2.75) is 18.6 Å². The maximum absolute atomic E-state index is 11.8. The van der Waals surface area contributed by atoms with Crippen molar-refractivity contribution in [1.82, 2.24) is 9.55 Å². The van der Waals surface area contributed by atoms with Gasteiger partial charge in [0.05, 0.1) is 18.8 Å². The Labute approximate surface area is 119 Å². The Morgan fingerprint density at radius 1 is 1.48 bits per heavy atom. The van der Waals surface area contributed by atoms with E-state index in [1.165, 1.54) is 16.8 Å². The summed E-state index contributed by atoms with van der Waals surface area (Å²) in [5.41, 5.74) is 4.84. The summed E-state index contributed by atoms with van der Waals surface area (Å²) >= 11 is 0. The van der Waals surface area contributed by atoms with Crippen LogP contribution < -0.4 is 11.4 Å². The van der Waals surface area contributed by atoms with Crippen LogP contribution in [-0.2, 0) is 9.09 Å². The van der Waals surface area contributed by atoms with Gasteiger partial charge in [-0.2, -0.15) is 4.98 Å². The first-order valence-corrected chi connectivity index (χ1v) is 7.71. The van der Waals surface area contributed by atoms with Gasteiger partial charge in [-0.15, -0.1) is 0 Å². The van der Waals surface area contributed by atoms with E-state index in [9.17, 15) is 14.5 Å². The van der Waals surface area contributed by atoms with Crippen LogP contribution in [0.25, 0.3) is 0 Å². The summed E-state index contributed by atoms with van der Waals surface area (Å²) in [6, 6.07) is 0.969. The molecule has 116 valence electrons. The first-order valence-electron chi connectivity index (χ1n) is 6.18. The van der Waals surface area contributed by atoms with Gasteiger partial charge in [-0.05, 0) is 12.5 Å². The number of nitrogen functional groups attached to an aromatic ring is 1. The quantitative estimate of drug-likeness (QED) is 0.425. The molecule has 21 heavy (non-hydrogen) atoms. The number of aliphatic hydroxyl groups is 1. The van der Waals surface area contributed by atoms with Gasteiger partial charge in [0.25, 0.3) is 0 Å². The van der Waals surface area contributed by atoms with Crippen molar-refractivity contribution in [3.05, 3.63) is 34.9 Å². The summed E-state index contributed by atoms with van der Waals surface area (Å²) in [5.74, 6) is -0.460. The molecule has 2 rings (SSSR count). The molecule has 1 aliphatic rings. The third-order valence-electron chi connectivity index (χ3n) is 3.22. The highest BCUT2D eigenvalue weighted by Crippen LogP contribution is 2.42. The third-order valence-corrected chi connectivity index (χ3v) is 3.77. The number of hydrogen-bond acceptors (Lipinski definition) is 6. The van der Waals surface area contributed by atoms with Crippen LogP contribution in [0.15, 0.2) is 29.2 Å². The van der Waals surface area contributed by atoms with E-state index >= 15 is 0 Å². The van der Waals surface area contributed by atoms with Gasteiger partial charge in [-0.1, -0.05) is 12.2 Å². The lowest BCUT2D eigenvalue weighted by atomic mass is 9.90. The lowest BCUT2D eigenvalue weighted by Gasteiger charge is -2.31. The maximum atomic E-state index is 11.8.